The van der Waals surface area contributed by atoms with E-state index in [1.54, 1.807) is 19.1 Å². The van der Waals surface area contributed by atoms with E-state index >= 15 is 0 Å². The molecule has 0 aliphatic rings. The van der Waals surface area contributed by atoms with Crippen molar-refractivity contribution in [1.29, 1.82) is 0 Å². The molecule has 0 spiro atoms. The normalized spacial score (nSPS) is 11.0. The minimum atomic E-state index is -0.427. The number of nitrogens with zero attached hydrogens (tertiary/aromatic N) is 2. The summed E-state index contributed by atoms with van der Waals surface area (Å²) < 4.78 is 5.45. The quantitative estimate of drug-likeness (QED) is 0.341. The van der Waals surface area contributed by atoms with Crippen molar-refractivity contribution in [3.05, 3.63) is 34.4 Å². The van der Waals surface area contributed by atoms with Gasteiger partial charge in [0, 0.05) is 17.8 Å². The number of nitro benzene ring substituents is 1. The lowest BCUT2D eigenvalue weighted by molar-refractivity contribution is -0.881. The molecule has 0 amide bonds. The number of carbonyl (C=O) groups is 1. The van der Waals surface area contributed by atoms with Gasteiger partial charge in [0.1, 0.15) is 0 Å². The van der Waals surface area contributed by atoms with E-state index in [0.29, 0.717) is 24.2 Å². The number of hydrogen-bond acceptors (Lipinski definition) is 5. The number of quaternary nitrogens is 1. The third-order valence-corrected chi connectivity index (χ3v) is 2.99. The molecule has 0 bridgehead atoms. The number of non-ortho nitro benzene ring substituents is 1. The Kier molecular flexibility index (Phi) is 6.10. The first-order chi connectivity index (χ1) is 9.84. The molecule has 21 heavy (non-hydrogen) atoms. The smallest absolute Gasteiger partial charge is 0.361 e. The molecule has 7 nitrogen and oxygen atoms in total. The summed E-state index contributed by atoms with van der Waals surface area (Å²) >= 11 is 0. The van der Waals surface area contributed by atoms with E-state index in [0.717, 1.165) is 12.2 Å². The Morgan fingerprint density at radius 1 is 1.33 bits per heavy atom. The Bertz CT molecular complexity index is 485. The summed E-state index contributed by atoms with van der Waals surface area (Å²) in [6, 6.07) is 6.26. The van der Waals surface area contributed by atoms with Crippen LogP contribution in [0.3, 0.4) is 0 Å². The Morgan fingerprint density at radius 3 is 2.48 bits per heavy atom. The molecule has 7 heteroatoms. The second-order valence-corrected chi connectivity index (χ2v) is 5.35. The SMILES string of the molecule is CCOC(=O)C[N+](C)(C)CCNc1ccc([N+](=O)[O-])cc1. The van der Waals surface area contributed by atoms with Gasteiger partial charge < -0.3 is 14.5 Å². The van der Waals surface area contributed by atoms with Gasteiger partial charge in [-0.25, -0.2) is 4.79 Å². The molecule has 0 aromatic heterocycles. The standard InChI is InChI=1S/C14H22N3O4/c1-4-21-14(18)11-17(2,3)10-9-15-12-5-7-13(8-6-12)16(19)20/h5-8,15H,4,9-11H2,1-3H3/q+1. The highest BCUT2D eigenvalue weighted by atomic mass is 16.6. The second kappa shape index (κ2) is 7.58. The van der Waals surface area contributed by atoms with Crippen LogP contribution in [0.1, 0.15) is 6.92 Å². The zero-order valence-corrected chi connectivity index (χ0v) is 12.7. The number of ether oxygens (including phenoxy) is 1. The Balaban J connectivity index is 2.41. The van der Waals surface area contributed by atoms with Crippen molar-refractivity contribution in [2.45, 2.75) is 6.92 Å². The van der Waals surface area contributed by atoms with Crippen LogP contribution in [-0.4, -0.2) is 55.7 Å². The van der Waals surface area contributed by atoms with Crippen LogP contribution in [-0.2, 0) is 9.53 Å². The van der Waals surface area contributed by atoms with E-state index in [1.807, 2.05) is 14.1 Å². The van der Waals surface area contributed by atoms with Crippen molar-refractivity contribution in [3.8, 4) is 0 Å². The summed E-state index contributed by atoms with van der Waals surface area (Å²) in [4.78, 5) is 21.6. The number of esters is 1. The van der Waals surface area contributed by atoms with E-state index in [9.17, 15) is 14.9 Å². The molecule has 1 aromatic rings. The summed E-state index contributed by atoms with van der Waals surface area (Å²) in [7, 11) is 3.91. The van der Waals surface area contributed by atoms with Crippen LogP contribution in [0.15, 0.2) is 24.3 Å². The van der Waals surface area contributed by atoms with Gasteiger partial charge in [0.25, 0.3) is 5.69 Å². The Labute approximate surface area is 124 Å². The fourth-order valence-corrected chi connectivity index (χ4v) is 1.84. The minimum Gasteiger partial charge on any atom is -0.462 e. The van der Waals surface area contributed by atoms with Gasteiger partial charge in [-0.3, -0.25) is 10.1 Å². The third kappa shape index (κ3) is 6.22. The lowest BCUT2D eigenvalue weighted by atomic mass is 10.3. The molecule has 0 saturated heterocycles. The fourth-order valence-electron chi connectivity index (χ4n) is 1.84. The van der Waals surface area contributed by atoms with Gasteiger partial charge in [-0.2, -0.15) is 0 Å². The number of benzene rings is 1. The predicted octanol–water partition coefficient (Wildman–Crippen LogP) is 1.65. The van der Waals surface area contributed by atoms with E-state index in [4.69, 9.17) is 4.74 Å². The lowest BCUT2D eigenvalue weighted by Crippen LogP contribution is -2.47. The van der Waals surface area contributed by atoms with Gasteiger partial charge in [-0.15, -0.1) is 0 Å². The van der Waals surface area contributed by atoms with Crippen molar-refractivity contribution in [1.82, 2.24) is 0 Å². The van der Waals surface area contributed by atoms with Gasteiger partial charge >= 0.3 is 5.97 Å². The second-order valence-electron chi connectivity index (χ2n) is 5.35. The van der Waals surface area contributed by atoms with Crippen LogP contribution in [0.25, 0.3) is 0 Å². The van der Waals surface area contributed by atoms with Gasteiger partial charge in [0.05, 0.1) is 38.7 Å². The first kappa shape index (κ1) is 16.9. The van der Waals surface area contributed by atoms with Crippen LogP contribution in [0, 0.1) is 10.1 Å². The summed E-state index contributed by atoms with van der Waals surface area (Å²) in [6.45, 7) is 3.88. The molecule has 0 unspecified atom stereocenters. The maximum Gasteiger partial charge on any atom is 0.361 e. The molecule has 116 valence electrons. The highest BCUT2D eigenvalue weighted by Gasteiger charge is 2.20. The van der Waals surface area contributed by atoms with Crippen molar-refractivity contribution in [3.63, 3.8) is 0 Å². The van der Waals surface area contributed by atoms with E-state index in [2.05, 4.69) is 5.32 Å². The molecule has 0 aliphatic heterocycles. The summed E-state index contributed by atoms with van der Waals surface area (Å²) in [5, 5.41) is 13.7. The van der Waals surface area contributed by atoms with E-state index < -0.39 is 4.92 Å². The number of nitro groups is 1. The molecule has 0 fully saturated rings. The maximum absolute atomic E-state index is 11.5. The van der Waals surface area contributed by atoms with Crippen LogP contribution < -0.4 is 5.32 Å². The number of carbonyl (C=O) groups excluding carboxylic acids is 1. The van der Waals surface area contributed by atoms with Crippen LogP contribution in [0.4, 0.5) is 11.4 Å². The molecule has 0 heterocycles. The molecule has 0 aliphatic carbocycles. The summed E-state index contributed by atoms with van der Waals surface area (Å²) in [5.74, 6) is -0.210. The molecule has 0 atom stereocenters. The van der Waals surface area contributed by atoms with Crippen LogP contribution in [0.2, 0.25) is 0 Å². The molecule has 1 aromatic carbocycles. The summed E-state index contributed by atoms with van der Waals surface area (Å²) in [5.41, 5.74) is 0.885. The largest absolute Gasteiger partial charge is 0.462 e. The zero-order chi connectivity index (χ0) is 15.9. The number of nitrogens with one attached hydrogen (secondary N) is 1. The van der Waals surface area contributed by atoms with E-state index in [-0.39, 0.29) is 11.7 Å². The topological polar surface area (TPSA) is 81.5 Å². The maximum atomic E-state index is 11.5. The van der Waals surface area contributed by atoms with E-state index in [1.165, 1.54) is 12.1 Å². The number of hydrogen-bond donors (Lipinski definition) is 1. The molecule has 0 radical (unpaired) electrons. The highest BCUT2D eigenvalue weighted by molar-refractivity contribution is 5.70. The third-order valence-electron chi connectivity index (χ3n) is 2.99. The lowest BCUT2D eigenvalue weighted by Gasteiger charge is -2.28. The predicted molar refractivity (Wildman–Crippen MR) is 80.1 cm³/mol. The molecule has 1 rings (SSSR count). The first-order valence-electron chi connectivity index (χ1n) is 6.80. The highest BCUT2D eigenvalue weighted by Crippen LogP contribution is 2.15. The fraction of sp³-hybridized carbons (Fsp3) is 0.500. The Hall–Kier alpha value is -2.15. The van der Waals surface area contributed by atoms with Gasteiger partial charge in [0.15, 0.2) is 6.54 Å². The minimum absolute atomic E-state index is 0.0685. The van der Waals surface area contributed by atoms with Crippen molar-refractivity contribution >= 4 is 17.3 Å². The Morgan fingerprint density at radius 2 is 1.95 bits per heavy atom. The van der Waals surface area contributed by atoms with Gasteiger partial charge in [0.2, 0.25) is 0 Å². The van der Waals surface area contributed by atoms with Gasteiger partial charge in [-0.05, 0) is 19.1 Å². The van der Waals surface area contributed by atoms with Crippen molar-refractivity contribution in [2.75, 3.05) is 45.7 Å². The number of anilines is 1. The average molecular weight is 296 g/mol. The summed E-state index contributed by atoms with van der Waals surface area (Å²) in [6.07, 6.45) is 0. The van der Waals surface area contributed by atoms with Crippen LogP contribution in [0.5, 0.6) is 0 Å². The van der Waals surface area contributed by atoms with Crippen LogP contribution >= 0.6 is 0 Å². The first-order valence-corrected chi connectivity index (χ1v) is 6.80. The van der Waals surface area contributed by atoms with Gasteiger partial charge in [-0.1, -0.05) is 0 Å². The molecule has 0 saturated carbocycles. The van der Waals surface area contributed by atoms with Crippen molar-refractivity contribution < 1.29 is 18.9 Å². The molecule has 1 N–H and O–H groups in total. The monoisotopic (exact) mass is 296 g/mol. The zero-order valence-electron chi connectivity index (χ0n) is 12.7. The number of rotatable bonds is 8. The molecular formula is C14H22N3O4+. The average Bonchev–Trinajstić information content (AvgIpc) is 2.38. The van der Waals surface area contributed by atoms with Crippen molar-refractivity contribution in [2.24, 2.45) is 0 Å². The number of likely N-dealkylation sites (N-methyl/N-ethyl adjacent to an activating group) is 1. The molecular weight excluding hydrogens is 274 g/mol.